The normalized spacial score (nSPS) is 14.7. The number of benzene rings is 3. The van der Waals surface area contributed by atoms with Gasteiger partial charge in [-0.25, -0.2) is 4.98 Å². The van der Waals surface area contributed by atoms with Crippen molar-refractivity contribution in [3.05, 3.63) is 71.8 Å². The maximum atomic E-state index is 12.2. The minimum Gasteiger partial charge on any atom is -0.508 e. The molecule has 0 atom stereocenters. The number of amides is 1. The van der Waals surface area contributed by atoms with Crippen LogP contribution in [0.25, 0.3) is 22.4 Å². The van der Waals surface area contributed by atoms with Crippen LogP contribution in [0.15, 0.2) is 60.7 Å². The van der Waals surface area contributed by atoms with Gasteiger partial charge in [0, 0.05) is 37.2 Å². The largest absolute Gasteiger partial charge is 0.508 e. The summed E-state index contributed by atoms with van der Waals surface area (Å²) in [5.74, 6) is 1.22. The number of carbonyl (C=O) groups excluding carboxylic acids is 2. The van der Waals surface area contributed by atoms with Crippen molar-refractivity contribution in [1.29, 1.82) is 0 Å². The Morgan fingerprint density at radius 1 is 0.912 bits per heavy atom. The smallest absolute Gasteiger partial charge is 0.253 e. The minimum atomic E-state index is -0.0627. The first-order chi connectivity index (χ1) is 16.5. The van der Waals surface area contributed by atoms with E-state index in [1.165, 1.54) is 0 Å². The molecule has 34 heavy (non-hydrogen) atoms. The first-order valence-electron chi connectivity index (χ1n) is 11.3. The molecule has 6 rings (SSSR count). The van der Waals surface area contributed by atoms with Crippen molar-refractivity contribution in [2.24, 2.45) is 0 Å². The Labute approximate surface area is 196 Å². The van der Waals surface area contributed by atoms with Gasteiger partial charge < -0.3 is 26.0 Å². The summed E-state index contributed by atoms with van der Waals surface area (Å²) in [5.41, 5.74) is 11.2. The number of phenols is 1. The van der Waals surface area contributed by atoms with Crippen LogP contribution in [0.3, 0.4) is 0 Å². The molecular weight excluding hydrogens is 430 g/mol. The lowest BCUT2D eigenvalue weighted by molar-refractivity contribution is 0.0955. The number of rotatable bonds is 1. The Kier molecular flexibility index (Phi) is 5.63. The predicted octanol–water partition coefficient (Wildman–Crippen LogP) is 3.81. The van der Waals surface area contributed by atoms with Gasteiger partial charge >= 0.3 is 0 Å². The molecule has 5 N–H and O–H groups in total. The van der Waals surface area contributed by atoms with Gasteiger partial charge in [-0.2, -0.15) is 0 Å². The van der Waals surface area contributed by atoms with Gasteiger partial charge in [0.2, 0.25) is 0 Å². The number of imidazole rings is 1. The summed E-state index contributed by atoms with van der Waals surface area (Å²) in [6.45, 7) is 2.13. The molecule has 3 aromatic carbocycles. The number of anilines is 2. The molecule has 2 aliphatic heterocycles. The molecule has 0 bridgehead atoms. The Morgan fingerprint density at radius 2 is 1.65 bits per heavy atom. The molecular formula is C26H25N5O3. The van der Waals surface area contributed by atoms with Gasteiger partial charge in [0.15, 0.2) is 5.78 Å². The third-order valence-electron chi connectivity index (χ3n) is 6.03. The van der Waals surface area contributed by atoms with Gasteiger partial charge in [-0.05, 0) is 55.0 Å². The van der Waals surface area contributed by atoms with E-state index in [-0.39, 0.29) is 17.4 Å². The summed E-state index contributed by atoms with van der Waals surface area (Å²) in [6, 6.07) is 18.1. The van der Waals surface area contributed by atoms with E-state index in [0.29, 0.717) is 30.8 Å². The third-order valence-corrected chi connectivity index (χ3v) is 6.03. The standard InChI is InChI=1S/C17H14N2O2.C9H11N3O/c20-12-8-6-11(7-9-12)17-18-14-4-1-3-13-15(21)5-2-10-19(17)16(13)14;10-7-3-1-2-6-8(7)11-4-5-12-9(6)13/h1,3-4,6-9,20H,2,5,10H2;1-3,11H,4-5,10H2,(H,12,13). The Balaban J connectivity index is 0.000000159. The lowest BCUT2D eigenvalue weighted by Gasteiger charge is -2.07. The maximum absolute atomic E-state index is 12.2. The van der Waals surface area contributed by atoms with Crippen molar-refractivity contribution in [1.82, 2.24) is 14.9 Å². The average molecular weight is 456 g/mol. The fraction of sp³-hybridized carbons (Fsp3) is 0.192. The fourth-order valence-electron chi connectivity index (χ4n) is 4.41. The number of nitrogens with zero attached hydrogens (tertiary/aromatic N) is 2. The highest BCUT2D eigenvalue weighted by molar-refractivity contribution is 6.07. The second kappa shape index (κ2) is 8.90. The second-order valence-electron chi connectivity index (χ2n) is 8.29. The summed E-state index contributed by atoms with van der Waals surface area (Å²) >= 11 is 0. The molecule has 0 radical (unpaired) electrons. The molecule has 172 valence electrons. The van der Waals surface area contributed by atoms with Crippen molar-refractivity contribution in [2.75, 3.05) is 24.1 Å². The highest BCUT2D eigenvalue weighted by Crippen LogP contribution is 2.31. The minimum absolute atomic E-state index is 0.0627. The van der Waals surface area contributed by atoms with Gasteiger partial charge in [-0.15, -0.1) is 0 Å². The Hall–Kier alpha value is -4.33. The van der Waals surface area contributed by atoms with Gasteiger partial charge in [-0.1, -0.05) is 12.1 Å². The summed E-state index contributed by atoms with van der Waals surface area (Å²) in [5, 5.41) is 15.3. The number of carbonyl (C=O) groups is 2. The van der Waals surface area contributed by atoms with Gasteiger partial charge in [0.1, 0.15) is 11.6 Å². The van der Waals surface area contributed by atoms with Crippen molar-refractivity contribution < 1.29 is 14.7 Å². The molecule has 8 nitrogen and oxygen atoms in total. The molecule has 0 spiro atoms. The van der Waals surface area contributed by atoms with E-state index in [4.69, 9.17) is 5.73 Å². The van der Waals surface area contributed by atoms with E-state index in [9.17, 15) is 14.7 Å². The number of aromatic hydroxyl groups is 1. The lowest BCUT2D eigenvalue weighted by atomic mass is 10.1. The van der Waals surface area contributed by atoms with Crippen LogP contribution in [0.1, 0.15) is 33.6 Å². The number of hydrogen-bond acceptors (Lipinski definition) is 6. The summed E-state index contributed by atoms with van der Waals surface area (Å²) in [7, 11) is 0. The molecule has 0 fully saturated rings. The van der Waals surface area contributed by atoms with Crippen LogP contribution in [0.2, 0.25) is 0 Å². The first-order valence-corrected chi connectivity index (χ1v) is 11.3. The van der Waals surface area contributed by atoms with Crippen molar-refractivity contribution in [2.45, 2.75) is 19.4 Å². The Bertz CT molecular complexity index is 1390. The quantitative estimate of drug-likeness (QED) is 0.324. The second-order valence-corrected chi connectivity index (χ2v) is 8.29. The maximum Gasteiger partial charge on any atom is 0.253 e. The van der Waals surface area contributed by atoms with Crippen LogP contribution in [-0.4, -0.2) is 39.4 Å². The highest BCUT2D eigenvalue weighted by Gasteiger charge is 2.21. The molecule has 0 aliphatic carbocycles. The monoisotopic (exact) mass is 455 g/mol. The van der Waals surface area contributed by atoms with E-state index in [2.05, 4.69) is 20.2 Å². The van der Waals surface area contributed by atoms with E-state index in [1.807, 2.05) is 30.3 Å². The van der Waals surface area contributed by atoms with Crippen LogP contribution < -0.4 is 16.4 Å². The molecule has 2 aliphatic rings. The molecule has 4 aromatic rings. The van der Waals surface area contributed by atoms with E-state index in [1.54, 1.807) is 30.3 Å². The van der Waals surface area contributed by atoms with Crippen LogP contribution in [-0.2, 0) is 6.54 Å². The number of nitrogens with two attached hydrogens (primary N) is 1. The number of ketones is 1. The molecule has 0 saturated heterocycles. The number of para-hydroxylation sites is 2. The number of nitrogen functional groups attached to an aromatic ring is 1. The average Bonchev–Trinajstić information content (AvgIpc) is 2.97. The number of Topliss-reactive ketones (excluding diaryl/α,β-unsaturated/α-hetero) is 1. The summed E-state index contributed by atoms with van der Waals surface area (Å²) in [4.78, 5) is 28.3. The van der Waals surface area contributed by atoms with Crippen LogP contribution in [0.4, 0.5) is 11.4 Å². The highest BCUT2D eigenvalue weighted by atomic mass is 16.3. The lowest BCUT2D eigenvalue weighted by Crippen LogP contribution is -2.24. The number of fused-ring (bicyclic) bond motifs is 1. The first kappa shape index (κ1) is 21.5. The zero-order valence-corrected chi connectivity index (χ0v) is 18.5. The topological polar surface area (TPSA) is 122 Å². The molecule has 0 unspecified atom stereocenters. The molecule has 1 amide bonds. The van der Waals surface area contributed by atoms with Crippen LogP contribution >= 0.6 is 0 Å². The van der Waals surface area contributed by atoms with Gasteiger partial charge in [-0.3, -0.25) is 9.59 Å². The van der Waals surface area contributed by atoms with Gasteiger partial charge in [0.25, 0.3) is 5.91 Å². The SMILES string of the molecule is Nc1cccc2c1NCCNC2=O.O=C1CCCn2c(-c3ccc(O)cc3)nc3cccc1c32. The van der Waals surface area contributed by atoms with E-state index >= 15 is 0 Å². The summed E-state index contributed by atoms with van der Waals surface area (Å²) in [6.07, 6.45) is 1.40. The number of phenolic OH excluding ortho intramolecular Hbond substituents is 1. The third kappa shape index (κ3) is 3.94. The number of aromatic nitrogens is 2. The molecule has 3 heterocycles. The van der Waals surface area contributed by atoms with Crippen LogP contribution in [0, 0.1) is 0 Å². The zero-order valence-electron chi connectivity index (χ0n) is 18.5. The van der Waals surface area contributed by atoms with E-state index in [0.717, 1.165) is 46.6 Å². The number of aryl methyl sites for hydroxylation is 1. The number of hydrogen-bond donors (Lipinski definition) is 4. The predicted molar refractivity (Wildman–Crippen MR) is 132 cm³/mol. The van der Waals surface area contributed by atoms with Crippen molar-refractivity contribution >= 4 is 34.1 Å². The fourth-order valence-corrected chi connectivity index (χ4v) is 4.41. The zero-order chi connectivity index (χ0) is 23.7. The number of nitrogens with one attached hydrogen (secondary N) is 2. The molecule has 1 aromatic heterocycles. The van der Waals surface area contributed by atoms with Crippen LogP contribution in [0.5, 0.6) is 5.75 Å². The van der Waals surface area contributed by atoms with E-state index < -0.39 is 0 Å². The molecule has 8 heteroatoms. The Morgan fingerprint density at radius 3 is 2.47 bits per heavy atom. The summed E-state index contributed by atoms with van der Waals surface area (Å²) < 4.78 is 2.13. The van der Waals surface area contributed by atoms with Gasteiger partial charge in [0.05, 0.1) is 28.0 Å². The molecule has 0 saturated carbocycles. The van der Waals surface area contributed by atoms with Crippen molar-refractivity contribution in [3.63, 3.8) is 0 Å². The van der Waals surface area contributed by atoms with Crippen molar-refractivity contribution in [3.8, 4) is 17.1 Å².